The Morgan fingerprint density at radius 2 is 1.71 bits per heavy atom. The van der Waals surface area contributed by atoms with Gasteiger partial charge in [-0.1, -0.05) is 30.3 Å². The summed E-state index contributed by atoms with van der Waals surface area (Å²) in [6, 6.07) is 17.3. The fraction of sp³-hybridized carbons (Fsp3) is 0.0870. The van der Waals surface area contributed by atoms with E-state index in [4.69, 9.17) is 4.74 Å². The molecule has 0 saturated carbocycles. The third-order valence-corrected chi connectivity index (χ3v) is 4.82. The normalized spacial score (nSPS) is 11.4. The van der Waals surface area contributed by atoms with Gasteiger partial charge in [0.2, 0.25) is 0 Å². The van der Waals surface area contributed by atoms with Crippen LogP contribution in [0.3, 0.4) is 0 Å². The van der Waals surface area contributed by atoms with Crippen LogP contribution < -0.4 is 15.4 Å². The van der Waals surface area contributed by atoms with Crippen molar-refractivity contribution < 1.29 is 22.7 Å². The van der Waals surface area contributed by atoms with Gasteiger partial charge >= 0.3 is 12.2 Å². The number of alkyl halides is 3. The van der Waals surface area contributed by atoms with E-state index in [0.717, 1.165) is 40.2 Å². The number of benzene rings is 3. The zero-order valence-electron chi connectivity index (χ0n) is 16.4. The second-order valence-corrected chi connectivity index (χ2v) is 6.82. The summed E-state index contributed by atoms with van der Waals surface area (Å²) in [7, 11) is 1.31. The second kappa shape index (κ2) is 8.06. The molecule has 0 spiro atoms. The van der Waals surface area contributed by atoms with Gasteiger partial charge in [-0.25, -0.2) is 4.79 Å². The molecule has 31 heavy (non-hydrogen) atoms. The Kier molecular flexibility index (Phi) is 5.29. The van der Waals surface area contributed by atoms with Crippen molar-refractivity contribution in [1.29, 1.82) is 0 Å². The van der Waals surface area contributed by atoms with Gasteiger partial charge in [-0.2, -0.15) is 13.2 Å². The van der Waals surface area contributed by atoms with Crippen LogP contribution in [0.4, 0.5) is 29.3 Å². The van der Waals surface area contributed by atoms with Crippen LogP contribution in [0.2, 0.25) is 0 Å². The Bertz CT molecular complexity index is 1230. The molecule has 0 saturated heterocycles. The van der Waals surface area contributed by atoms with Gasteiger partial charge in [-0.15, -0.1) is 0 Å². The number of hydrogen-bond acceptors (Lipinski definition) is 2. The maximum atomic E-state index is 13.0. The molecule has 0 bridgehead atoms. The van der Waals surface area contributed by atoms with E-state index in [2.05, 4.69) is 15.6 Å². The largest absolute Gasteiger partial charge is 0.495 e. The predicted molar refractivity (Wildman–Crippen MR) is 114 cm³/mol. The molecule has 0 aliphatic heterocycles. The molecule has 5 nitrogen and oxygen atoms in total. The van der Waals surface area contributed by atoms with Crippen molar-refractivity contribution in [3.05, 3.63) is 78.5 Å². The number of H-pyrrole nitrogens is 1. The number of aromatic nitrogens is 1. The summed E-state index contributed by atoms with van der Waals surface area (Å²) in [5, 5.41) is 6.10. The molecule has 1 heterocycles. The van der Waals surface area contributed by atoms with Crippen LogP contribution in [-0.4, -0.2) is 18.1 Å². The minimum atomic E-state index is -4.53. The minimum Gasteiger partial charge on any atom is -0.495 e. The van der Waals surface area contributed by atoms with E-state index < -0.39 is 17.8 Å². The van der Waals surface area contributed by atoms with E-state index in [-0.39, 0.29) is 11.4 Å². The Balaban J connectivity index is 1.49. The second-order valence-electron chi connectivity index (χ2n) is 6.82. The molecular weight excluding hydrogens is 407 g/mol. The molecule has 0 unspecified atom stereocenters. The molecule has 0 radical (unpaired) electrons. The summed E-state index contributed by atoms with van der Waals surface area (Å²) in [5.41, 5.74) is 2.54. The summed E-state index contributed by atoms with van der Waals surface area (Å²) in [6.45, 7) is 0. The molecule has 158 valence electrons. The lowest BCUT2D eigenvalue weighted by Gasteiger charge is -2.14. The first-order valence-corrected chi connectivity index (χ1v) is 9.35. The van der Waals surface area contributed by atoms with Crippen molar-refractivity contribution in [3.63, 3.8) is 0 Å². The van der Waals surface area contributed by atoms with Crippen molar-refractivity contribution in [1.82, 2.24) is 4.98 Å². The topological polar surface area (TPSA) is 66.2 Å². The molecule has 1 aromatic heterocycles. The number of carbonyl (C=O) groups excluding carboxylic acids is 1. The van der Waals surface area contributed by atoms with Crippen LogP contribution in [0.15, 0.2) is 72.9 Å². The molecule has 2 amide bonds. The molecule has 3 N–H and O–H groups in total. The van der Waals surface area contributed by atoms with Crippen LogP contribution in [0.5, 0.6) is 5.75 Å². The van der Waals surface area contributed by atoms with Gasteiger partial charge in [0.15, 0.2) is 0 Å². The fourth-order valence-corrected chi connectivity index (χ4v) is 3.31. The summed E-state index contributed by atoms with van der Waals surface area (Å²) >= 11 is 0. The number of halogens is 3. The SMILES string of the molecule is COc1ccc(C(F)(F)F)cc1NC(=O)Nc1ccc(-c2c[nH]c3ccccc23)cc1. The predicted octanol–water partition coefficient (Wildman–Crippen LogP) is 6.51. The highest BCUT2D eigenvalue weighted by molar-refractivity contribution is 6.01. The fourth-order valence-electron chi connectivity index (χ4n) is 3.31. The number of fused-ring (bicyclic) bond motifs is 1. The summed E-state index contributed by atoms with van der Waals surface area (Å²) < 4.78 is 43.9. The Morgan fingerprint density at radius 3 is 2.42 bits per heavy atom. The number of urea groups is 1. The lowest BCUT2D eigenvalue weighted by Crippen LogP contribution is -2.20. The molecule has 3 aromatic carbocycles. The lowest BCUT2D eigenvalue weighted by atomic mass is 10.0. The number of ether oxygens (including phenoxy) is 1. The number of rotatable bonds is 4. The number of nitrogens with one attached hydrogen (secondary N) is 3. The van der Waals surface area contributed by atoms with Gasteiger partial charge in [-0.3, -0.25) is 0 Å². The van der Waals surface area contributed by atoms with E-state index in [1.54, 1.807) is 12.1 Å². The van der Waals surface area contributed by atoms with Crippen molar-refractivity contribution in [2.75, 3.05) is 17.7 Å². The first-order chi connectivity index (χ1) is 14.8. The average Bonchev–Trinajstić information content (AvgIpc) is 3.18. The smallest absolute Gasteiger partial charge is 0.416 e. The molecular formula is C23H18F3N3O2. The highest BCUT2D eigenvalue weighted by Gasteiger charge is 2.31. The first kappa shape index (κ1) is 20.3. The maximum absolute atomic E-state index is 13.0. The number of aromatic amines is 1. The number of anilines is 2. The summed E-state index contributed by atoms with van der Waals surface area (Å²) in [5.74, 6) is 0.123. The van der Waals surface area contributed by atoms with E-state index in [1.165, 1.54) is 7.11 Å². The van der Waals surface area contributed by atoms with Gasteiger partial charge in [0.25, 0.3) is 0 Å². The average molecular weight is 425 g/mol. The molecule has 0 fully saturated rings. The van der Waals surface area contributed by atoms with Crippen LogP contribution in [0.1, 0.15) is 5.56 Å². The third-order valence-electron chi connectivity index (χ3n) is 4.82. The van der Waals surface area contributed by atoms with E-state index >= 15 is 0 Å². The molecule has 0 atom stereocenters. The van der Waals surface area contributed by atoms with Crippen molar-refractivity contribution >= 4 is 28.3 Å². The summed E-state index contributed by atoms with van der Waals surface area (Å²) in [6.07, 6.45) is -2.61. The number of hydrogen-bond donors (Lipinski definition) is 3. The van der Waals surface area contributed by atoms with Crippen LogP contribution in [-0.2, 0) is 6.18 Å². The zero-order chi connectivity index (χ0) is 22.0. The Morgan fingerprint density at radius 1 is 0.968 bits per heavy atom. The van der Waals surface area contributed by atoms with Gasteiger partial charge in [-0.05, 0) is 42.0 Å². The third kappa shape index (κ3) is 4.32. The molecule has 0 aliphatic rings. The van der Waals surface area contributed by atoms with Crippen LogP contribution >= 0.6 is 0 Å². The summed E-state index contributed by atoms with van der Waals surface area (Å²) in [4.78, 5) is 15.6. The van der Waals surface area contributed by atoms with Crippen molar-refractivity contribution in [3.8, 4) is 16.9 Å². The maximum Gasteiger partial charge on any atom is 0.416 e. The number of para-hydroxylation sites is 1. The highest BCUT2D eigenvalue weighted by atomic mass is 19.4. The number of amides is 2. The van der Waals surface area contributed by atoms with E-state index in [9.17, 15) is 18.0 Å². The highest BCUT2D eigenvalue weighted by Crippen LogP contribution is 2.35. The zero-order valence-corrected chi connectivity index (χ0v) is 16.4. The van der Waals surface area contributed by atoms with E-state index in [0.29, 0.717) is 5.69 Å². The lowest BCUT2D eigenvalue weighted by molar-refractivity contribution is -0.137. The monoisotopic (exact) mass is 425 g/mol. The van der Waals surface area contributed by atoms with Gasteiger partial charge in [0.1, 0.15) is 5.75 Å². The molecule has 8 heteroatoms. The van der Waals surface area contributed by atoms with Gasteiger partial charge in [0, 0.05) is 28.4 Å². The Labute approximate surface area is 175 Å². The minimum absolute atomic E-state index is 0.0785. The van der Waals surface area contributed by atoms with Crippen LogP contribution in [0.25, 0.3) is 22.0 Å². The molecule has 4 rings (SSSR count). The van der Waals surface area contributed by atoms with Crippen molar-refractivity contribution in [2.24, 2.45) is 0 Å². The number of methoxy groups -OCH3 is 1. The van der Waals surface area contributed by atoms with Gasteiger partial charge < -0.3 is 20.4 Å². The molecule has 4 aromatic rings. The standard InChI is InChI=1S/C23H18F3N3O2/c1-31-21-11-8-15(23(24,25)26)12-20(21)29-22(30)28-16-9-6-14(7-10-16)18-13-27-19-5-3-2-4-17(18)19/h2-13,27H,1H3,(H2,28,29,30). The quantitative estimate of drug-likeness (QED) is 0.349. The van der Waals surface area contributed by atoms with Crippen LogP contribution in [0, 0.1) is 0 Å². The number of carbonyl (C=O) groups is 1. The van der Waals surface area contributed by atoms with Crippen molar-refractivity contribution in [2.45, 2.75) is 6.18 Å². The van der Waals surface area contributed by atoms with Gasteiger partial charge in [0.05, 0.1) is 18.4 Å². The molecule has 0 aliphatic carbocycles. The Hall–Kier alpha value is -3.94. The first-order valence-electron chi connectivity index (χ1n) is 9.35. The van der Waals surface area contributed by atoms with E-state index in [1.807, 2.05) is 42.6 Å².